The van der Waals surface area contributed by atoms with Crippen LogP contribution < -0.4 is 10.5 Å². The molecule has 0 aliphatic carbocycles. The molecule has 0 spiro atoms. The van der Waals surface area contributed by atoms with E-state index in [4.69, 9.17) is 15.2 Å². The Morgan fingerprint density at radius 1 is 0.769 bits per heavy atom. The highest BCUT2D eigenvalue weighted by Crippen LogP contribution is 2.44. The molecule has 0 aliphatic heterocycles. The van der Waals surface area contributed by atoms with E-state index in [1.165, 1.54) is 0 Å². The zero-order chi connectivity index (χ0) is 18.2. The first-order valence-corrected chi connectivity index (χ1v) is 9.00. The van der Waals surface area contributed by atoms with Crippen molar-refractivity contribution < 1.29 is 9.47 Å². The quantitative estimate of drug-likeness (QED) is 0.616. The number of para-hydroxylation sites is 1. The number of benzene rings is 3. The van der Waals surface area contributed by atoms with Crippen LogP contribution in [0.4, 0.5) is 0 Å². The molecule has 0 unspecified atom stereocenters. The fourth-order valence-corrected chi connectivity index (χ4v) is 3.32. The number of hydrogen-bond donors (Lipinski definition) is 1. The van der Waals surface area contributed by atoms with Crippen molar-refractivity contribution in [3.05, 3.63) is 102 Å². The van der Waals surface area contributed by atoms with Gasteiger partial charge in [0.2, 0.25) is 0 Å². The third-order valence-electron chi connectivity index (χ3n) is 4.36. The molecule has 134 valence electrons. The van der Waals surface area contributed by atoms with Gasteiger partial charge >= 0.3 is 0 Å². The second-order valence-corrected chi connectivity index (χ2v) is 5.98. The Morgan fingerprint density at radius 3 is 1.85 bits per heavy atom. The zero-order valence-electron chi connectivity index (χ0n) is 15.1. The summed E-state index contributed by atoms with van der Waals surface area (Å²) in [5.41, 5.74) is 8.10. The molecule has 0 saturated carbocycles. The maximum atomic E-state index is 6.52. The lowest BCUT2D eigenvalue weighted by Crippen LogP contribution is -2.35. The highest BCUT2D eigenvalue weighted by Gasteiger charge is 2.39. The summed E-state index contributed by atoms with van der Waals surface area (Å²) in [7, 11) is 0. The van der Waals surface area contributed by atoms with Gasteiger partial charge in [0.15, 0.2) is 0 Å². The lowest BCUT2D eigenvalue weighted by Gasteiger charge is -2.36. The molecular formula is C23H25NO2. The fourth-order valence-electron chi connectivity index (χ4n) is 3.32. The minimum absolute atomic E-state index is 0.435. The van der Waals surface area contributed by atoms with Crippen molar-refractivity contribution in [2.75, 3.05) is 19.8 Å². The number of nitrogens with two attached hydrogens (primary N) is 1. The summed E-state index contributed by atoms with van der Waals surface area (Å²) in [4.78, 5) is 0. The molecule has 3 aromatic rings. The van der Waals surface area contributed by atoms with Gasteiger partial charge in [-0.2, -0.15) is 0 Å². The van der Waals surface area contributed by atoms with Crippen LogP contribution in [-0.2, 0) is 10.3 Å². The van der Waals surface area contributed by atoms with Gasteiger partial charge in [-0.1, -0.05) is 78.9 Å². The minimum Gasteiger partial charge on any atom is -0.493 e. The molecule has 3 nitrogen and oxygen atoms in total. The van der Waals surface area contributed by atoms with E-state index in [1.807, 2.05) is 61.5 Å². The Bertz CT molecular complexity index is 763. The predicted molar refractivity (Wildman–Crippen MR) is 105 cm³/mol. The molecule has 0 amide bonds. The van der Waals surface area contributed by atoms with Crippen molar-refractivity contribution in [1.29, 1.82) is 0 Å². The Balaban J connectivity index is 2.31. The zero-order valence-corrected chi connectivity index (χ0v) is 15.1. The Hall–Kier alpha value is -2.62. The summed E-state index contributed by atoms with van der Waals surface area (Å²) in [6.45, 7) is 3.46. The SMILES string of the molecule is CCOc1ccccc1C(OCCN)(c1ccccc1)c1ccccc1. The molecule has 0 saturated heterocycles. The largest absolute Gasteiger partial charge is 0.493 e. The number of rotatable bonds is 8. The topological polar surface area (TPSA) is 44.5 Å². The normalized spacial score (nSPS) is 11.3. The second-order valence-electron chi connectivity index (χ2n) is 5.98. The Labute approximate surface area is 155 Å². The van der Waals surface area contributed by atoms with Crippen LogP contribution in [0.2, 0.25) is 0 Å². The third-order valence-corrected chi connectivity index (χ3v) is 4.36. The summed E-state index contributed by atoms with van der Waals surface area (Å²) in [6.07, 6.45) is 0. The highest BCUT2D eigenvalue weighted by atomic mass is 16.5. The molecule has 0 heterocycles. The van der Waals surface area contributed by atoms with E-state index in [2.05, 4.69) is 30.3 Å². The van der Waals surface area contributed by atoms with Crippen molar-refractivity contribution in [2.24, 2.45) is 5.73 Å². The molecule has 2 N–H and O–H groups in total. The summed E-state index contributed by atoms with van der Waals surface area (Å²) >= 11 is 0. The van der Waals surface area contributed by atoms with Crippen molar-refractivity contribution >= 4 is 0 Å². The first-order chi connectivity index (χ1) is 12.8. The summed E-state index contributed by atoms with van der Waals surface area (Å²) in [5.74, 6) is 0.819. The fraction of sp³-hybridized carbons (Fsp3) is 0.217. The van der Waals surface area contributed by atoms with E-state index in [0.29, 0.717) is 19.8 Å². The van der Waals surface area contributed by atoms with E-state index in [-0.39, 0.29) is 0 Å². The van der Waals surface area contributed by atoms with Crippen molar-refractivity contribution in [3.8, 4) is 5.75 Å². The number of hydrogen-bond acceptors (Lipinski definition) is 3. The molecule has 3 heteroatoms. The molecule has 0 atom stereocenters. The van der Waals surface area contributed by atoms with Gasteiger partial charge in [-0.3, -0.25) is 0 Å². The van der Waals surface area contributed by atoms with Gasteiger partial charge in [-0.25, -0.2) is 0 Å². The average Bonchev–Trinajstić information content (AvgIpc) is 2.71. The summed E-state index contributed by atoms with van der Waals surface area (Å²) < 4.78 is 12.5. The van der Waals surface area contributed by atoms with Crippen molar-refractivity contribution in [2.45, 2.75) is 12.5 Å². The maximum Gasteiger partial charge on any atom is 0.147 e. The Kier molecular flexibility index (Phi) is 6.05. The van der Waals surface area contributed by atoms with Gasteiger partial charge in [0.1, 0.15) is 11.4 Å². The van der Waals surface area contributed by atoms with Crippen LogP contribution in [0.5, 0.6) is 5.75 Å². The van der Waals surface area contributed by atoms with Crippen LogP contribution in [0.15, 0.2) is 84.9 Å². The van der Waals surface area contributed by atoms with Gasteiger partial charge < -0.3 is 15.2 Å². The van der Waals surface area contributed by atoms with Gasteiger partial charge in [0, 0.05) is 12.1 Å². The van der Waals surface area contributed by atoms with Crippen LogP contribution >= 0.6 is 0 Å². The molecule has 26 heavy (non-hydrogen) atoms. The molecule has 0 bridgehead atoms. The van der Waals surface area contributed by atoms with E-state index >= 15 is 0 Å². The Morgan fingerprint density at radius 2 is 1.31 bits per heavy atom. The van der Waals surface area contributed by atoms with Crippen molar-refractivity contribution in [1.82, 2.24) is 0 Å². The molecule has 3 rings (SSSR count). The minimum atomic E-state index is -0.784. The molecular weight excluding hydrogens is 322 g/mol. The van der Waals surface area contributed by atoms with E-state index < -0.39 is 5.60 Å². The second kappa shape index (κ2) is 8.65. The van der Waals surface area contributed by atoms with E-state index in [0.717, 1.165) is 22.4 Å². The molecule has 0 aliphatic rings. The van der Waals surface area contributed by atoms with Crippen LogP contribution in [0.1, 0.15) is 23.6 Å². The summed E-state index contributed by atoms with van der Waals surface area (Å²) in [5, 5.41) is 0. The molecule has 0 aromatic heterocycles. The highest BCUT2D eigenvalue weighted by molar-refractivity contribution is 5.52. The van der Waals surface area contributed by atoms with Gasteiger partial charge in [-0.05, 0) is 24.1 Å². The van der Waals surface area contributed by atoms with E-state index in [1.54, 1.807) is 0 Å². The van der Waals surface area contributed by atoms with Crippen LogP contribution in [0.3, 0.4) is 0 Å². The third kappa shape index (κ3) is 3.50. The van der Waals surface area contributed by atoms with Crippen molar-refractivity contribution in [3.63, 3.8) is 0 Å². The molecule has 3 aromatic carbocycles. The van der Waals surface area contributed by atoms with Gasteiger partial charge in [0.25, 0.3) is 0 Å². The molecule has 0 fully saturated rings. The van der Waals surface area contributed by atoms with Crippen LogP contribution in [0.25, 0.3) is 0 Å². The number of ether oxygens (including phenoxy) is 2. The maximum absolute atomic E-state index is 6.52. The lowest BCUT2D eigenvalue weighted by atomic mass is 9.79. The average molecular weight is 347 g/mol. The lowest BCUT2D eigenvalue weighted by molar-refractivity contribution is 0.0160. The standard InChI is InChI=1S/C23H25NO2/c1-2-25-22-16-10-9-15-21(22)23(26-18-17-24,19-11-5-3-6-12-19)20-13-7-4-8-14-20/h3-16H,2,17-18,24H2,1H3. The first kappa shape index (κ1) is 18.2. The smallest absolute Gasteiger partial charge is 0.147 e. The first-order valence-electron chi connectivity index (χ1n) is 9.00. The molecule has 0 radical (unpaired) electrons. The van der Waals surface area contributed by atoms with E-state index in [9.17, 15) is 0 Å². The van der Waals surface area contributed by atoms with Gasteiger partial charge in [0.05, 0.1) is 13.2 Å². The predicted octanol–water partition coefficient (Wildman–Crippen LogP) is 4.35. The summed E-state index contributed by atoms with van der Waals surface area (Å²) in [6, 6.07) is 28.6. The van der Waals surface area contributed by atoms with Crippen LogP contribution in [-0.4, -0.2) is 19.8 Å². The van der Waals surface area contributed by atoms with Gasteiger partial charge in [-0.15, -0.1) is 0 Å². The van der Waals surface area contributed by atoms with Crippen LogP contribution in [0, 0.1) is 0 Å². The monoisotopic (exact) mass is 347 g/mol.